The highest BCUT2D eigenvalue weighted by molar-refractivity contribution is 5.47. The van der Waals surface area contributed by atoms with Crippen molar-refractivity contribution in [3.63, 3.8) is 0 Å². The number of fused-ring (bicyclic) bond motifs is 1. The summed E-state index contributed by atoms with van der Waals surface area (Å²) in [6, 6.07) is 5.02. The van der Waals surface area contributed by atoms with Crippen LogP contribution >= 0.6 is 0 Å². The average Bonchev–Trinajstić information content (AvgIpc) is 2.47. The number of benzene rings is 1. The summed E-state index contributed by atoms with van der Waals surface area (Å²) < 4.78 is 6.62. The zero-order chi connectivity index (χ0) is 15.6. The first-order chi connectivity index (χ1) is 10.6. The first-order valence-corrected chi connectivity index (χ1v) is 9.17. The number of hydrogen-bond donors (Lipinski definition) is 1. The van der Waals surface area contributed by atoms with Gasteiger partial charge in [0.25, 0.3) is 0 Å². The van der Waals surface area contributed by atoms with Crippen molar-refractivity contribution in [3.05, 3.63) is 28.8 Å². The van der Waals surface area contributed by atoms with E-state index in [2.05, 4.69) is 38.2 Å². The topological polar surface area (TPSA) is 21.3 Å². The van der Waals surface area contributed by atoms with Crippen molar-refractivity contribution in [1.82, 2.24) is 5.32 Å². The van der Waals surface area contributed by atoms with Gasteiger partial charge in [-0.05, 0) is 69.7 Å². The van der Waals surface area contributed by atoms with E-state index in [1.807, 2.05) is 0 Å². The highest BCUT2D eigenvalue weighted by atomic mass is 16.5. The Morgan fingerprint density at radius 2 is 1.95 bits per heavy atom. The standard InChI is InChI=1S/C20H31NO/c1-4-5-11-21-17-14-20(9-7-6-8-10-20)22-18-13-15(2)12-16(3)19(17)18/h12-13,17,21H,4-11,14H2,1-3H3. The molecule has 122 valence electrons. The quantitative estimate of drug-likeness (QED) is 0.770. The third-order valence-electron chi connectivity index (χ3n) is 5.43. The van der Waals surface area contributed by atoms with Gasteiger partial charge in [-0.1, -0.05) is 25.8 Å². The summed E-state index contributed by atoms with van der Waals surface area (Å²) in [5.74, 6) is 1.15. The van der Waals surface area contributed by atoms with E-state index in [4.69, 9.17) is 4.74 Å². The smallest absolute Gasteiger partial charge is 0.125 e. The lowest BCUT2D eigenvalue weighted by Crippen LogP contribution is -2.46. The lowest BCUT2D eigenvalue weighted by molar-refractivity contribution is -0.00289. The summed E-state index contributed by atoms with van der Waals surface area (Å²) in [7, 11) is 0. The SMILES string of the molecule is CCCCNC1CC2(CCCCC2)Oc2cc(C)cc(C)c21. The van der Waals surface area contributed by atoms with Gasteiger partial charge in [-0.3, -0.25) is 0 Å². The van der Waals surface area contributed by atoms with Crippen LogP contribution in [0.3, 0.4) is 0 Å². The van der Waals surface area contributed by atoms with Crippen molar-refractivity contribution in [2.45, 2.75) is 83.8 Å². The molecule has 1 aliphatic heterocycles. The molecule has 0 amide bonds. The molecule has 3 rings (SSSR count). The fourth-order valence-corrected chi connectivity index (χ4v) is 4.35. The Labute approximate surface area is 135 Å². The van der Waals surface area contributed by atoms with E-state index in [1.54, 1.807) is 0 Å². The predicted octanol–water partition coefficient (Wildman–Crippen LogP) is 5.22. The summed E-state index contributed by atoms with van der Waals surface area (Å²) in [6.45, 7) is 7.79. The molecule has 1 unspecified atom stereocenters. The van der Waals surface area contributed by atoms with Crippen molar-refractivity contribution < 1.29 is 4.74 Å². The Kier molecular flexibility index (Phi) is 4.77. The molecular weight excluding hydrogens is 270 g/mol. The maximum absolute atomic E-state index is 6.62. The van der Waals surface area contributed by atoms with Gasteiger partial charge >= 0.3 is 0 Å². The lowest BCUT2D eigenvalue weighted by Gasteiger charge is -2.45. The summed E-state index contributed by atoms with van der Waals surface area (Å²) in [4.78, 5) is 0. The van der Waals surface area contributed by atoms with Gasteiger partial charge in [-0.15, -0.1) is 0 Å². The van der Waals surface area contributed by atoms with Crippen molar-refractivity contribution in [2.24, 2.45) is 0 Å². The first-order valence-electron chi connectivity index (χ1n) is 9.17. The minimum Gasteiger partial charge on any atom is -0.487 e. The van der Waals surface area contributed by atoms with Gasteiger partial charge in [-0.25, -0.2) is 0 Å². The van der Waals surface area contributed by atoms with Gasteiger partial charge in [-0.2, -0.15) is 0 Å². The molecule has 1 aliphatic carbocycles. The van der Waals surface area contributed by atoms with Crippen LogP contribution in [0.2, 0.25) is 0 Å². The van der Waals surface area contributed by atoms with Crippen LogP contribution in [-0.4, -0.2) is 12.1 Å². The van der Waals surface area contributed by atoms with Crippen LogP contribution in [0.1, 0.15) is 81.0 Å². The molecule has 1 spiro atoms. The second kappa shape index (κ2) is 6.62. The molecule has 2 aliphatic rings. The summed E-state index contributed by atoms with van der Waals surface area (Å²) in [5.41, 5.74) is 4.21. The van der Waals surface area contributed by atoms with Gasteiger partial charge in [0.1, 0.15) is 11.4 Å². The van der Waals surface area contributed by atoms with Crippen LogP contribution < -0.4 is 10.1 Å². The van der Waals surface area contributed by atoms with Crippen LogP contribution in [-0.2, 0) is 0 Å². The third-order valence-corrected chi connectivity index (χ3v) is 5.43. The van der Waals surface area contributed by atoms with Crippen molar-refractivity contribution >= 4 is 0 Å². The van der Waals surface area contributed by atoms with Crippen molar-refractivity contribution in [3.8, 4) is 5.75 Å². The molecule has 0 saturated heterocycles. The average molecular weight is 301 g/mol. The van der Waals surface area contributed by atoms with E-state index in [9.17, 15) is 0 Å². The number of rotatable bonds is 4. The molecule has 1 atom stereocenters. The number of aryl methyl sites for hydroxylation is 2. The summed E-state index contributed by atoms with van der Waals surface area (Å²) in [5, 5.41) is 3.83. The highest BCUT2D eigenvalue weighted by Gasteiger charge is 2.42. The van der Waals surface area contributed by atoms with Crippen molar-refractivity contribution in [2.75, 3.05) is 6.54 Å². The molecule has 1 heterocycles. The Bertz CT molecular complexity index is 517. The van der Waals surface area contributed by atoms with Crippen LogP contribution in [0.4, 0.5) is 0 Å². The van der Waals surface area contributed by atoms with Crippen LogP contribution in [0, 0.1) is 13.8 Å². The Morgan fingerprint density at radius 1 is 1.18 bits per heavy atom. The molecule has 2 heteroatoms. The number of hydrogen-bond acceptors (Lipinski definition) is 2. The van der Waals surface area contributed by atoms with Gasteiger partial charge < -0.3 is 10.1 Å². The fourth-order valence-electron chi connectivity index (χ4n) is 4.35. The van der Waals surface area contributed by atoms with Gasteiger partial charge in [0, 0.05) is 18.0 Å². The maximum Gasteiger partial charge on any atom is 0.125 e. The minimum atomic E-state index is 0.0926. The number of unbranched alkanes of at least 4 members (excludes halogenated alkanes) is 1. The summed E-state index contributed by atoms with van der Waals surface area (Å²) in [6.07, 6.45) is 10.1. The van der Waals surface area contributed by atoms with Crippen LogP contribution in [0.5, 0.6) is 5.75 Å². The first kappa shape index (κ1) is 15.9. The second-order valence-electron chi connectivity index (χ2n) is 7.40. The number of ether oxygens (including phenoxy) is 1. The van der Waals surface area contributed by atoms with E-state index in [1.165, 1.54) is 61.6 Å². The molecule has 2 nitrogen and oxygen atoms in total. The maximum atomic E-state index is 6.62. The largest absolute Gasteiger partial charge is 0.487 e. The monoisotopic (exact) mass is 301 g/mol. The Balaban J connectivity index is 1.91. The second-order valence-corrected chi connectivity index (χ2v) is 7.40. The van der Waals surface area contributed by atoms with Gasteiger partial charge in [0.2, 0.25) is 0 Å². The molecule has 0 bridgehead atoms. The molecule has 0 aromatic heterocycles. The molecule has 1 saturated carbocycles. The molecular formula is C20H31NO. The molecule has 1 N–H and O–H groups in total. The van der Waals surface area contributed by atoms with Crippen LogP contribution in [0.25, 0.3) is 0 Å². The number of nitrogens with one attached hydrogen (secondary N) is 1. The van der Waals surface area contributed by atoms with E-state index in [-0.39, 0.29) is 5.60 Å². The molecule has 1 aromatic carbocycles. The molecule has 0 radical (unpaired) electrons. The summed E-state index contributed by atoms with van der Waals surface area (Å²) >= 11 is 0. The Hall–Kier alpha value is -1.02. The molecule has 1 fully saturated rings. The third kappa shape index (κ3) is 3.17. The zero-order valence-electron chi connectivity index (χ0n) is 14.5. The normalized spacial score (nSPS) is 23.1. The van der Waals surface area contributed by atoms with Crippen molar-refractivity contribution in [1.29, 1.82) is 0 Å². The van der Waals surface area contributed by atoms with E-state index in [0.29, 0.717) is 6.04 Å². The minimum absolute atomic E-state index is 0.0926. The van der Waals surface area contributed by atoms with Crippen LogP contribution in [0.15, 0.2) is 12.1 Å². The van der Waals surface area contributed by atoms with E-state index >= 15 is 0 Å². The fraction of sp³-hybridized carbons (Fsp3) is 0.700. The molecule has 1 aromatic rings. The van der Waals surface area contributed by atoms with E-state index < -0.39 is 0 Å². The zero-order valence-corrected chi connectivity index (χ0v) is 14.5. The van der Waals surface area contributed by atoms with E-state index in [0.717, 1.165) is 18.7 Å². The van der Waals surface area contributed by atoms with Gasteiger partial charge in [0.05, 0.1) is 0 Å². The predicted molar refractivity (Wildman–Crippen MR) is 92.6 cm³/mol. The highest BCUT2D eigenvalue weighted by Crippen LogP contribution is 2.47. The molecule has 22 heavy (non-hydrogen) atoms. The van der Waals surface area contributed by atoms with Gasteiger partial charge in [0.15, 0.2) is 0 Å². The Morgan fingerprint density at radius 3 is 2.68 bits per heavy atom. The lowest BCUT2D eigenvalue weighted by atomic mass is 9.76.